The van der Waals surface area contributed by atoms with Crippen LogP contribution >= 0.6 is 0 Å². The number of methoxy groups -OCH3 is 1. The molecular formula is C21H18N2O6. The number of rotatable bonds is 6. The van der Waals surface area contributed by atoms with Crippen LogP contribution in [0.3, 0.4) is 0 Å². The van der Waals surface area contributed by atoms with Crippen molar-refractivity contribution in [2.24, 2.45) is 0 Å². The molecule has 0 saturated heterocycles. The maximum absolute atomic E-state index is 12.8. The Balaban J connectivity index is 2.05. The molecule has 0 unspecified atom stereocenters. The number of nitro groups is 1. The van der Waals surface area contributed by atoms with Crippen molar-refractivity contribution in [3.05, 3.63) is 68.6 Å². The molecule has 0 atom stereocenters. The van der Waals surface area contributed by atoms with Gasteiger partial charge in [-0.3, -0.25) is 10.1 Å². The summed E-state index contributed by atoms with van der Waals surface area (Å²) in [5.74, 6) is 0.332. The fourth-order valence-electron chi connectivity index (χ4n) is 3.32. The average Bonchev–Trinajstić information content (AvgIpc) is 3.09. The molecule has 148 valence electrons. The molecule has 4 aromatic rings. The minimum Gasteiger partial charge on any atom is -0.439 e. The first-order valence-electron chi connectivity index (χ1n) is 8.97. The van der Waals surface area contributed by atoms with E-state index >= 15 is 0 Å². The number of hydrogen-bond acceptors (Lipinski definition) is 7. The van der Waals surface area contributed by atoms with E-state index < -0.39 is 10.5 Å². The molecule has 0 spiro atoms. The lowest BCUT2D eigenvalue weighted by Crippen LogP contribution is -2.08. The van der Waals surface area contributed by atoms with Crippen LogP contribution in [0.4, 0.5) is 11.6 Å². The molecule has 0 amide bonds. The van der Waals surface area contributed by atoms with E-state index in [4.69, 9.17) is 13.6 Å². The van der Waals surface area contributed by atoms with Crippen molar-refractivity contribution in [2.45, 2.75) is 6.92 Å². The summed E-state index contributed by atoms with van der Waals surface area (Å²) in [4.78, 5) is 23.6. The van der Waals surface area contributed by atoms with Crippen molar-refractivity contribution in [3.63, 3.8) is 0 Å². The third-order valence-corrected chi connectivity index (χ3v) is 4.63. The SMILES string of the molecule is COCCNc1oc2c(c1-c1cccc([N+](=O)[O-])c1)c(=O)oc1ccc(C)cc12. The molecule has 29 heavy (non-hydrogen) atoms. The van der Waals surface area contributed by atoms with Crippen LogP contribution in [0.15, 0.2) is 56.1 Å². The fourth-order valence-corrected chi connectivity index (χ4v) is 3.32. The van der Waals surface area contributed by atoms with Gasteiger partial charge in [0.1, 0.15) is 11.0 Å². The first-order valence-corrected chi connectivity index (χ1v) is 8.97. The second-order valence-electron chi connectivity index (χ2n) is 6.63. The predicted molar refractivity (Wildman–Crippen MR) is 109 cm³/mol. The summed E-state index contributed by atoms with van der Waals surface area (Å²) in [6.45, 7) is 2.78. The van der Waals surface area contributed by atoms with Gasteiger partial charge >= 0.3 is 5.63 Å². The van der Waals surface area contributed by atoms with Gasteiger partial charge in [-0.1, -0.05) is 23.8 Å². The highest BCUT2D eigenvalue weighted by atomic mass is 16.6. The molecule has 8 nitrogen and oxygen atoms in total. The van der Waals surface area contributed by atoms with Crippen molar-refractivity contribution in [1.82, 2.24) is 0 Å². The Kier molecular flexibility index (Phi) is 4.77. The van der Waals surface area contributed by atoms with Gasteiger partial charge < -0.3 is 18.9 Å². The number of nitrogens with one attached hydrogen (secondary N) is 1. The Bertz CT molecular complexity index is 1290. The zero-order valence-corrected chi connectivity index (χ0v) is 15.9. The number of furan rings is 1. The molecule has 0 aliphatic heterocycles. The summed E-state index contributed by atoms with van der Waals surface area (Å²) >= 11 is 0. The predicted octanol–water partition coefficient (Wildman–Crippen LogP) is 4.48. The molecule has 0 aliphatic rings. The van der Waals surface area contributed by atoms with E-state index in [2.05, 4.69) is 5.32 Å². The third kappa shape index (κ3) is 3.34. The van der Waals surface area contributed by atoms with E-state index in [-0.39, 0.29) is 11.1 Å². The zero-order chi connectivity index (χ0) is 20.5. The van der Waals surface area contributed by atoms with E-state index in [1.54, 1.807) is 25.3 Å². The van der Waals surface area contributed by atoms with Gasteiger partial charge in [-0.25, -0.2) is 4.79 Å². The molecule has 0 bridgehead atoms. The maximum atomic E-state index is 12.8. The number of non-ortho nitro benzene ring substituents is 1. The summed E-state index contributed by atoms with van der Waals surface area (Å²) in [6.07, 6.45) is 0. The summed E-state index contributed by atoms with van der Waals surface area (Å²) < 4.78 is 16.6. The van der Waals surface area contributed by atoms with Crippen molar-refractivity contribution in [1.29, 1.82) is 0 Å². The number of nitrogens with zero attached hydrogens (tertiary/aromatic N) is 1. The van der Waals surface area contributed by atoms with Crippen LogP contribution in [0, 0.1) is 17.0 Å². The second-order valence-corrected chi connectivity index (χ2v) is 6.63. The topological polar surface area (TPSA) is 108 Å². The van der Waals surface area contributed by atoms with Gasteiger partial charge in [0.2, 0.25) is 5.88 Å². The Morgan fingerprint density at radius 2 is 2.00 bits per heavy atom. The quantitative estimate of drug-likeness (QED) is 0.222. The molecule has 0 aliphatic carbocycles. The van der Waals surface area contributed by atoms with E-state index in [1.807, 2.05) is 19.1 Å². The smallest absolute Gasteiger partial charge is 0.348 e. The molecule has 0 saturated carbocycles. The maximum Gasteiger partial charge on any atom is 0.348 e. The normalized spacial score (nSPS) is 11.2. The number of anilines is 1. The Hall–Kier alpha value is -3.65. The summed E-state index contributed by atoms with van der Waals surface area (Å²) in [5.41, 5.74) is 2.03. The third-order valence-electron chi connectivity index (χ3n) is 4.63. The number of aryl methyl sites for hydroxylation is 1. The molecule has 8 heteroatoms. The van der Waals surface area contributed by atoms with Crippen LogP contribution < -0.4 is 10.9 Å². The van der Waals surface area contributed by atoms with Gasteiger partial charge in [0.15, 0.2) is 5.58 Å². The minimum absolute atomic E-state index is 0.0827. The first-order chi connectivity index (χ1) is 14.0. The highest BCUT2D eigenvalue weighted by Gasteiger charge is 2.23. The lowest BCUT2D eigenvalue weighted by atomic mass is 10.0. The van der Waals surface area contributed by atoms with E-state index in [0.717, 1.165) is 5.56 Å². The zero-order valence-electron chi connectivity index (χ0n) is 15.9. The Morgan fingerprint density at radius 1 is 1.17 bits per heavy atom. The first kappa shape index (κ1) is 18.7. The van der Waals surface area contributed by atoms with Crippen molar-refractivity contribution in [3.8, 4) is 11.1 Å². The largest absolute Gasteiger partial charge is 0.439 e. The van der Waals surface area contributed by atoms with Crippen molar-refractivity contribution >= 4 is 33.5 Å². The van der Waals surface area contributed by atoms with Crippen LogP contribution in [-0.4, -0.2) is 25.2 Å². The molecule has 0 radical (unpaired) electrons. The monoisotopic (exact) mass is 394 g/mol. The Labute approximate surface area is 164 Å². The van der Waals surface area contributed by atoms with Crippen molar-refractivity contribution < 1.29 is 18.5 Å². The molecule has 2 aromatic heterocycles. The van der Waals surface area contributed by atoms with Gasteiger partial charge in [0.25, 0.3) is 5.69 Å². The highest BCUT2D eigenvalue weighted by molar-refractivity contribution is 6.10. The molecule has 4 rings (SSSR count). The van der Waals surface area contributed by atoms with Crippen LogP contribution in [0.25, 0.3) is 33.1 Å². The number of nitro benzene ring substituents is 1. The van der Waals surface area contributed by atoms with Gasteiger partial charge in [0, 0.05) is 25.8 Å². The summed E-state index contributed by atoms with van der Waals surface area (Å²) in [7, 11) is 1.58. The second kappa shape index (κ2) is 7.40. The van der Waals surface area contributed by atoms with E-state index in [0.29, 0.717) is 46.7 Å². The molecule has 0 fully saturated rings. The number of hydrogen-bond donors (Lipinski definition) is 1. The van der Waals surface area contributed by atoms with Crippen molar-refractivity contribution in [2.75, 3.05) is 25.6 Å². The molecule has 2 heterocycles. The number of ether oxygens (including phenoxy) is 1. The molecule has 2 aromatic carbocycles. The lowest BCUT2D eigenvalue weighted by molar-refractivity contribution is -0.384. The Morgan fingerprint density at radius 3 is 2.76 bits per heavy atom. The number of benzene rings is 2. The van der Waals surface area contributed by atoms with Gasteiger partial charge in [-0.15, -0.1) is 0 Å². The van der Waals surface area contributed by atoms with Gasteiger partial charge in [-0.2, -0.15) is 0 Å². The number of fused-ring (bicyclic) bond motifs is 3. The lowest BCUT2D eigenvalue weighted by Gasteiger charge is -2.06. The van der Waals surface area contributed by atoms with Crippen LogP contribution in [0.1, 0.15) is 5.56 Å². The fraction of sp³-hybridized carbons (Fsp3) is 0.190. The standard InChI is InChI=1S/C21H18N2O6/c1-12-6-7-16-15(10-12)19-18(21(24)28-16)17(20(29-19)22-8-9-27-2)13-4-3-5-14(11-13)23(25)26/h3-7,10-11,22H,8-9H2,1-2H3. The minimum atomic E-state index is -0.568. The van der Waals surface area contributed by atoms with E-state index in [9.17, 15) is 14.9 Å². The van der Waals surface area contributed by atoms with Gasteiger partial charge in [-0.05, 0) is 24.6 Å². The van der Waals surface area contributed by atoms with E-state index in [1.165, 1.54) is 12.1 Å². The highest BCUT2D eigenvalue weighted by Crippen LogP contribution is 2.40. The van der Waals surface area contributed by atoms with Crippen LogP contribution in [0.5, 0.6) is 0 Å². The molecule has 1 N–H and O–H groups in total. The van der Waals surface area contributed by atoms with Crippen LogP contribution in [-0.2, 0) is 4.74 Å². The van der Waals surface area contributed by atoms with Gasteiger partial charge in [0.05, 0.1) is 22.5 Å². The van der Waals surface area contributed by atoms with Crippen LogP contribution in [0.2, 0.25) is 0 Å². The molecular weight excluding hydrogens is 376 g/mol. The average molecular weight is 394 g/mol. The summed E-state index contributed by atoms with van der Waals surface area (Å²) in [5, 5.41) is 15.2. The summed E-state index contributed by atoms with van der Waals surface area (Å²) in [6, 6.07) is 11.5.